The first-order valence-electron chi connectivity index (χ1n) is 9.75. The molecule has 3 heterocycles. The van der Waals surface area contributed by atoms with Gasteiger partial charge in [0.1, 0.15) is 23.8 Å². The fourth-order valence-electron chi connectivity index (χ4n) is 3.19. The summed E-state index contributed by atoms with van der Waals surface area (Å²) in [6, 6.07) is 10.7. The number of hydrogen-bond donors (Lipinski definition) is 1. The maximum Gasteiger partial charge on any atom is 0.319 e. The summed E-state index contributed by atoms with van der Waals surface area (Å²) < 4.78 is 34.1. The van der Waals surface area contributed by atoms with E-state index in [0.717, 1.165) is 21.5 Å². The zero-order valence-corrected chi connectivity index (χ0v) is 16.8. The van der Waals surface area contributed by atoms with Crippen LogP contribution in [0.2, 0.25) is 0 Å². The van der Waals surface area contributed by atoms with E-state index in [0.29, 0.717) is 17.9 Å². The van der Waals surface area contributed by atoms with Gasteiger partial charge in [-0.15, -0.1) is 0 Å². The molecule has 4 aromatic rings. The Kier molecular flexibility index (Phi) is 5.92. The number of imidazole rings is 2. The molecular formula is C22H21F2N5O2. The first-order chi connectivity index (χ1) is 15.0. The summed E-state index contributed by atoms with van der Waals surface area (Å²) in [7, 11) is 0. The molecule has 1 N–H and O–H groups in total. The third-order valence-electron chi connectivity index (χ3n) is 4.75. The fraction of sp³-hybridized carbons (Fsp3) is 0.227. The number of pyridine rings is 1. The number of alkyl halides is 2. The quantitative estimate of drug-likeness (QED) is 0.466. The molecule has 0 bridgehead atoms. The van der Waals surface area contributed by atoms with Crippen molar-refractivity contribution in [1.29, 1.82) is 0 Å². The van der Waals surface area contributed by atoms with Crippen LogP contribution in [0, 0.1) is 6.92 Å². The Hall–Kier alpha value is -3.75. The van der Waals surface area contributed by atoms with Crippen molar-refractivity contribution in [3.63, 3.8) is 0 Å². The minimum Gasteiger partial charge on any atom is -0.487 e. The highest BCUT2D eigenvalue weighted by atomic mass is 19.3. The molecule has 0 fully saturated rings. The third kappa shape index (κ3) is 4.88. The van der Waals surface area contributed by atoms with Gasteiger partial charge in [0.2, 0.25) is 0 Å². The van der Waals surface area contributed by atoms with Crippen molar-refractivity contribution >= 4 is 11.6 Å². The van der Waals surface area contributed by atoms with Crippen LogP contribution in [0.15, 0.2) is 61.2 Å². The van der Waals surface area contributed by atoms with Gasteiger partial charge in [-0.2, -0.15) is 8.78 Å². The number of benzene rings is 1. The zero-order chi connectivity index (χ0) is 21.8. The van der Waals surface area contributed by atoms with Crippen molar-refractivity contribution in [3.05, 3.63) is 83.8 Å². The van der Waals surface area contributed by atoms with Crippen LogP contribution in [0.3, 0.4) is 0 Å². The van der Waals surface area contributed by atoms with E-state index in [1.807, 2.05) is 35.9 Å². The Morgan fingerprint density at radius 3 is 2.74 bits per heavy atom. The van der Waals surface area contributed by atoms with Crippen LogP contribution in [-0.4, -0.2) is 31.4 Å². The van der Waals surface area contributed by atoms with Crippen molar-refractivity contribution in [1.82, 2.24) is 24.3 Å². The Labute approximate surface area is 177 Å². The zero-order valence-electron chi connectivity index (χ0n) is 16.8. The molecule has 0 saturated carbocycles. The molecule has 0 aliphatic rings. The standard InChI is InChI=1S/C22H21F2N5O2/c1-15-2-7-20-27-17(13-28(20)12-15)14-31-18-5-3-16(4-6-18)21(30)26-9-8-19-25-10-11-29(19)22(23)24/h2-7,10-13,22H,8-9,14H2,1H3,(H,26,30). The maximum absolute atomic E-state index is 12.8. The first-order valence-corrected chi connectivity index (χ1v) is 9.75. The molecule has 0 spiro atoms. The predicted molar refractivity (Wildman–Crippen MR) is 110 cm³/mol. The second kappa shape index (κ2) is 8.95. The largest absolute Gasteiger partial charge is 0.487 e. The number of fused-ring (bicyclic) bond motifs is 1. The van der Waals surface area contributed by atoms with E-state index in [-0.39, 0.29) is 24.7 Å². The molecule has 3 aromatic heterocycles. The Balaban J connectivity index is 1.28. The van der Waals surface area contributed by atoms with Crippen LogP contribution in [0.1, 0.15) is 34.0 Å². The summed E-state index contributed by atoms with van der Waals surface area (Å²) in [6.45, 7) is -0.117. The number of aryl methyl sites for hydroxylation is 1. The van der Waals surface area contributed by atoms with Crippen LogP contribution in [0.5, 0.6) is 5.75 Å². The molecule has 0 aliphatic carbocycles. The van der Waals surface area contributed by atoms with E-state index in [1.165, 1.54) is 12.4 Å². The first kappa shape index (κ1) is 20.5. The summed E-state index contributed by atoms with van der Waals surface area (Å²) in [6.07, 6.45) is 6.66. The molecule has 0 atom stereocenters. The van der Waals surface area contributed by atoms with E-state index in [2.05, 4.69) is 15.3 Å². The number of halogens is 2. The van der Waals surface area contributed by atoms with Gasteiger partial charge >= 0.3 is 6.55 Å². The number of aromatic nitrogens is 4. The third-order valence-corrected chi connectivity index (χ3v) is 4.75. The van der Waals surface area contributed by atoms with Gasteiger partial charge in [0, 0.05) is 43.3 Å². The molecule has 1 amide bonds. The summed E-state index contributed by atoms with van der Waals surface area (Å²) in [5.74, 6) is 0.544. The number of carbonyl (C=O) groups is 1. The highest BCUT2D eigenvalue weighted by Gasteiger charge is 2.12. The van der Waals surface area contributed by atoms with Gasteiger partial charge in [-0.1, -0.05) is 6.07 Å². The molecule has 0 saturated heterocycles. The minimum absolute atomic E-state index is 0.203. The second-order valence-corrected chi connectivity index (χ2v) is 7.05. The summed E-state index contributed by atoms with van der Waals surface area (Å²) in [5, 5.41) is 2.71. The van der Waals surface area contributed by atoms with Crippen LogP contribution in [-0.2, 0) is 13.0 Å². The number of ether oxygens (including phenoxy) is 1. The number of nitrogens with one attached hydrogen (secondary N) is 1. The Morgan fingerprint density at radius 1 is 1.16 bits per heavy atom. The van der Waals surface area contributed by atoms with E-state index in [9.17, 15) is 13.6 Å². The van der Waals surface area contributed by atoms with Crippen molar-refractivity contribution in [2.24, 2.45) is 0 Å². The summed E-state index contributed by atoms with van der Waals surface area (Å²) in [4.78, 5) is 20.7. The van der Waals surface area contributed by atoms with Crippen LogP contribution in [0.4, 0.5) is 8.78 Å². The number of rotatable bonds is 8. The lowest BCUT2D eigenvalue weighted by Gasteiger charge is -2.08. The maximum atomic E-state index is 12.8. The topological polar surface area (TPSA) is 73.4 Å². The van der Waals surface area contributed by atoms with Gasteiger partial charge in [0.05, 0.1) is 5.69 Å². The summed E-state index contributed by atoms with van der Waals surface area (Å²) >= 11 is 0. The van der Waals surface area contributed by atoms with Gasteiger partial charge in [0.25, 0.3) is 5.91 Å². The van der Waals surface area contributed by atoms with E-state index < -0.39 is 6.55 Å². The van der Waals surface area contributed by atoms with Gasteiger partial charge < -0.3 is 14.5 Å². The van der Waals surface area contributed by atoms with E-state index >= 15 is 0 Å². The molecule has 0 unspecified atom stereocenters. The SMILES string of the molecule is Cc1ccc2nc(COc3ccc(C(=O)NCCc4nccn4C(F)F)cc3)cn2c1. The molecule has 9 heteroatoms. The lowest BCUT2D eigenvalue weighted by atomic mass is 10.2. The smallest absolute Gasteiger partial charge is 0.319 e. The number of carbonyl (C=O) groups excluding carboxylic acids is 1. The van der Waals surface area contributed by atoms with Crippen molar-refractivity contribution in [2.75, 3.05) is 6.54 Å². The van der Waals surface area contributed by atoms with Crippen LogP contribution in [0.25, 0.3) is 5.65 Å². The minimum atomic E-state index is -2.65. The average molecular weight is 425 g/mol. The number of hydrogen-bond acceptors (Lipinski definition) is 4. The molecule has 0 radical (unpaired) electrons. The molecule has 7 nitrogen and oxygen atoms in total. The highest BCUT2D eigenvalue weighted by Crippen LogP contribution is 2.16. The van der Waals surface area contributed by atoms with Crippen LogP contribution < -0.4 is 10.1 Å². The van der Waals surface area contributed by atoms with Crippen molar-refractivity contribution in [2.45, 2.75) is 26.5 Å². The lowest BCUT2D eigenvalue weighted by Crippen LogP contribution is -2.26. The van der Waals surface area contributed by atoms with Gasteiger partial charge in [-0.05, 0) is 42.8 Å². The molecular weight excluding hydrogens is 404 g/mol. The van der Waals surface area contributed by atoms with Gasteiger partial charge in [-0.25, -0.2) is 9.97 Å². The summed E-state index contributed by atoms with van der Waals surface area (Å²) in [5.41, 5.74) is 3.25. The molecule has 0 aliphatic heterocycles. The number of nitrogens with zero attached hydrogens (tertiary/aromatic N) is 4. The van der Waals surface area contributed by atoms with Crippen LogP contribution >= 0.6 is 0 Å². The molecule has 160 valence electrons. The molecule has 31 heavy (non-hydrogen) atoms. The normalized spacial score (nSPS) is 11.2. The van der Waals surface area contributed by atoms with E-state index in [1.54, 1.807) is 24.3 Å². The average Bonchev–Trinajstić information content (AvgIpc) is 3.39. The predicted octanol–water partition coefficient (Wildman–Crippen LogP) is 3.79. The number of amides is 1. The Bertz CT molecular complexity index is 1180. The van der Waals surface area contributed by atoms with Gasteiger partial charge in [-0.3, -0.25) is 9.36 Å². The lowest BCUT2D eigenvalue weighted by molar-refractivity contribution is 0.0670. The van der Waals surface area contributed by atoms with Crippen molar-refractivity contribution < 1.29 is 18.3 Å². The molecule has 1 aromatic carbocycles. The molecule has 4 rings (SSSR count). The Morgan fingerprint density at radius 2 is 1.97 bits per heavy atom. The van der Waals surface area contributed by atoms with E-state index in [4.69, 9.17) is 4.74 Å². The van der Waals surface area contributed by atoms with Gasteiger partial charge in [0.15, 0.2) is 0 Å². The van der Waals surface area contributed by atoms with Crippen molar-refractivity contribution in [3.8, 4) is 5.75 Å². The highest BCUT2D eigenvalue weighted by molar-refractivity contribution is 5.94. The fourth-order valence-corrected chi connectivity index (χ4v) is 3.19. The second-order valence-electron chi connectivity index (χ2n) is 7.05. The monoisotopic (exact) mass is 425 g/mol.